The van der Waals surface area contributed by atoms with E-state index in [4.69, 9.17) is 11.6 Å². The summed E-state index contributed by atoms with van der Waals surface area (Å²) in [5.41, 5.74) is 2.40. The molecule has 0 fully saturated rings. The molecule has 4 heteroatoms. The Balaban J connectivity index is 1.75. The van der Waals surface area contributed by atoms with Crippen molar-refractivity contribution in [2.24, 2.45) is 0 Å². The molecule has 2 aromatic carbocycles. The molecule has 0 amide bonds. The molecule has 3 nitrogen and oxygen atoms in total. The zero-order valence-electron chi connectivity index (χ0n) is 14.6. The molecule has 2 heterocycles. The highest BCUT2D eigenvalue weighted by Crippen LogP contribution is 2.36. The van der Waals surface area contributed by atoms with E-state index in [0.29, 0.717) is 11.6 Å². The molecule has 2 aromatic rings. The van der Waals surface area contributed by atoms with Gasteiger partial charge in [-0.15, -0.1) is 0 Å². The minimum Gasteiger partial charge on any atom is -0.346 e. The molecule has 0 aliphatic carbocycles. The fourth-order valence-corrected chi connectivity index (χ4v) is 4.14. The predicted molar refractivity (Wildman–Crippen MR) is 103 cm³/mol. The van der Waals surface area contributed by atoms with E-state index in [-0.39, 0.29) is 0 Å². The summed E-state index contributed by atoms with van der Waals surface area (Å²) in [5, 5.41) is 12.3. The summed E-state index contributed by atoms with van der Waals surface area (Å²) >= 11 is 6.04. The quantitative estimate of drug-likeness (QED) is 0.837. The lowest BCUT2D eigenvalue weighted by Crippen LogP contribution is -2.41. The maximum Gasteiger partial charge on any atom is 0.271 e. The molecule has 1 atom stereocenters. The molecule has 0 unspecified atom stereocenters. The van der Waals surface area contributed by atoms with Gasteiger partial charge in [0.05, 0.1) is 6.54 Å². The van der Waals surface area contributed by atoms with Gasteiger partial charge in [0.25, 0.3) is 11.6 Å². The van der Waals surface area contributed by atoms with Crippen molar-refractivity contribution in [1.29, 1.82) is 0 Å². The summed E-state index contributed by atoms with van der Waals surface area (Å²) in [6, 6.07) is 16.3. The second-order valence-electron chi connectivity index (χ2n) is 6.95. The number of halogens is 1. The number of rotatable bonds is 3. The van der Waals surface area contributed by atoms with E-state index >= 15 is 0 Å². The topological polar surface area (TPSA) is 26.5 Å². The summed E-state index contributed by atoms with van der Waals surface area (Å²) in [5.74, 6) is 1.23. The van der Waals surface area contributed by atoms with E-state index in [1.165, 1.54) is 17.8 Å². The highest BCUT2D eigenvalue weighted by molar-refractivity contribution is 6.30. The molecular weight excluding hydrogens is 332 g/mol. The van der Waals surface area contributed by atoms with E-state index in [2.05, 4.69) is 40.7 Å². The maximum atomic E-state index is 11.6. The van der Waals surface area contributed by atoms with Crippen molar-refractivity contribution in [2.75, 3.05) is 18.0 Å². The van der Waals surface area contributed by atoms with Crippen molar-refractivity contribution in [3.05, 3.63) is 64.7 Å². The molecule has 2 aliphatic rings. The summed E-state index contributed by atoms with van der Waals surface area (Å²) < 4.78 is 2.19. The van der Waals surface area contributed by atoms with E-state index < -0.39 is 5.72 Å². The smallest absolute Gasteiger partial charge is 0.271 e. The molecule has 0 saturated carbocycles. The Labute approximate surface area is 154 Å². The maximum absolute atomic E-state index is 11.6. The van der Waals surface area contributed by atoms with Gasteiger partial charge >= 0.3 is 0 Å². The fraction of sp³-hybridized carbons (Fsp3) is 0.381. The SMILES string of the molecule is CCc1ccc(N2C[C@](O)(c3ccc(Cl)cc3)[N+]3=C2CCCC3)cc1. The number of hydrogen-bond donors (Lipinski definition) is 1. The minimum absolute atomic E-state index is 0.551. The zero-order valence-corrected chi connectivity index (χ0v) is 15.3. The van der Waals surface area contributed by atoms with E-state index in [1.807, 2.05) is 24.3 Å². The lowest BCUT2D eigenvalue weighted by atomic mass is 10.0. The number of hydrogen-bond acceptors (Lipinski definition) is 2. The Morgan fingerprint density at radius 3 is 2.48 bits per heavy atom. The number of β-amino-alcohol motifs (C(OH)–C–C–N with tert-alkyl or cyclic N) is 1. The first-order chi connectivity index (χ1) is 12.1. The molecule has 25 heavy (non-hydrogen) atoms. The van der Waals surface area contributed by atoms with Crippen molar-refractivity contribution in [1.82, 2.24) is 0 Å². The van der Waals surface area contributed by atoms with Crippen LogP contribution in [0, 0.1) is 0 Å². The van der Waals surface area contributed by atoms with E-state index in [1.54, 1.807) is 0 Å². The van der Waals surface area contributed by atoms with Crippen molar-refractivity contribution in [3.63, 3.8) is 0 Å². The number of aliphatic hydroxyl groups is 1. The minimum atomic E-state index is -0.996. The van der Waals surface area contributed by atoms with Crippen LogP contribution in [0.15, 0.2) is 48.5 Å². The van der Waals surface area contributed by atoms with Crippen LogP contribution in [0.1, 0.15) is 37.3 Å². The first kappa shape index (κ1) is 16.6. The summed E-state index contributed by atoms with van der Waals surface area (Å²) in [7, 11) is 0. The Bertz CT molecular complexity index is 798. The molecule has 0 aromatic heterocycles. The molecule has 0 spiro atoms. The van der Waals surface area contributed by atoms with Crippen LogP contribution in [0.2, 0.25) is 5.02 Å². The van der Waals surface area contributed by atoms with Crippen LogP contribution in [0.25, 0.3) is 0 Å². The lowest BCUT2D eigenvalue weighted by molar-refractivity contribution is -0.661. The van der Waals surface area contributed by atoms with Crippen LogP contribution in [-0.4, -0.2) is 28.6 Å². The van der Waals surface area contributed by atoms with Gasteiger partial charge in [0.2, 0.25) is 0 Å². The van der Waals surface area contributed by atoms with Gasteiger partial charge in [-0.2, -0.15) is 0 Å². The van der Waals surface area contributed by atoms with Gasteiger partial charge < -0.3 is 5.11 Å². The van der Waals surface area contributed by atoms with Crippen LogP contribution in [0.5, 0.6) is 0 Å². The van der Waals surface area contributed by atoms with Gasteiger partial charge in [-0.05, 0) is 49.1 Å². The molecule has 1 N–H and O–H groups in total. The van der Waals surface area contributed by atoms with E-state index in [9.17, 15) is 5.11 Å². The number of benzene rings is 2. The number of aryl methyl sites for hydroxylation is 1. The number of anilines is 1. The zero-order chi connectivity index (χ0) is 17.4. The summed E-state index contributed by atoms with van der Waals surface area (Å²) in [6.07, 6.45) is 4.33. The largest absolute Gasteiger partial charge is 0.346 e. The summed E-state index contributed by atoms with van der Waals surface area (Å²) in [4.78, 5) is 2.28. The highest BCUT2D eigenvalue weighted by Gasteiger charge is 2.52. The molecule has 0 radical (unpaired) electrons. The van der Waals surface area contributed by atoms with Crippen molar-refractivity contribution in [3.8, 4) is 0 Å². The first-order valence-corrected chi connectivity index (χ1v) is 9.48. The van der Waals surface area contributed by atoms with Crippen molar-refractivity contribution < 1.29 is 9.68 Å². The second kappa shape index (κ2) is 6.47. The van der Waals surface area contributed by atoms with Gasteiger partial charge in [0, 0.05) is 17.0 Å². The Kier molecular flexibility index (Phi) is 4.30. The third-order valence-electron chi connectivity index (χ3n) is 5.44. The fourth-order valence-electron chi connectivity index (χ4n) is 4.01. The number of nitrogens with zero attached hydrogens (tertiary/aromatic N) is 2. The third-order valence-corrected chi connectivity index (χ3v) is 5.70. The molecule has 4 rings (SSSR count). The monoisotopic (exact) mass is 355 g/mol. The van der Waals surface area contributed by atoms with Crippen LogP contribution in [0.3, 0.4) is 0 Å². The van der Waals surface area contributed by atoms with Crippen LogP contribution >= 0.6 is 11.6 Å². The summed E-state index contributed by atoms with van der Waals surface area (Å²) in [6.45, 7) is 3.61. The molecule has 0 saturated heterocycles. The van der Waals surface area contributed by atoms with Gasteiger partial charge in [0.1, 0.15) is 5.69 Å². The normalized spacial score (nSPS) is 23.1. The molecular formula is C21H24ClN2O+. The average Bonchev–Trinajstić information content (AvgIpc) is 2.97. The van der Waals surface area contributed by atoms with Gasteiger partial charge in [-0.25, -0.2) is 9.48 Å². The Hall–Kier alpha value is -1.84. The second-order valence-corrected chi connectivity index (χ2v) is 7.39. The number of amidine groups is 1. The third kappa shape index (κ3) is 2.86. The standard InChI is InChI=1S/C21H24ClN2O/c1-2-16-6-12-19(13-7-16)23-15-21(25,17-8-10-18(22)11-9-17)24-14-4-3-5-20(23)24/h6-13,25H,2-5,14-15H2,1H3/q+1/t21-/m0/s1. The Morgan fingerprint density at radius 1 is 1.08 bits per heavy atom. The van der Waals surface area contributed by atoms with Gasteiger partial charge in [-0.3, -0.25) is 0 Å². The van der Waals surface area contributed by atoms with Crippen LogP contribution in [0.4, 0.5) is 5.69 Å². The van der Waals surface area contributed by atoms with Crippen molar-refractivity contribution >= 4 is 23.1 Å². The first-order valence-electron chi connectivity index (χ1n) is 9.10. The van der Waals surface area contributed by atoms with Gasteiger partial charge in [-0.1, -0.05) is 42.8 Å². The molecule has 0 bridgehead atoms. The van der Waals surface area contributed by atoms with Gasteiger partial charge in [0.15, 0.2) is 6.54 Å². The molecule has 130 valence electrons. The Morgan fingerprint density at radius 2 is 1.80 bits per heavy atom. The van der Waals surface area contributed by atoms with Crippen LogP contribution in [-0.2, 0) is 12.1 Å². The van der Waals surface area contributed by atoms with E-state index in [0.717, 1.165) is 37.1 Å². The lowest BCUT2D eigenvalue weighted by Gasteiger charge is -2.24. The highest BCUT2D eigenvalue weighted by atomic mass is 35.5. The van der Waals surface area contributed by atoms with Crippen molar-refractivity contribution in [2.45, 2.75) is 38.3 Å². The van der Waals surface area contributed by atoms with Crippen LogP contribution < -0.4 is 4.90 Å². The average molecular weight is 356 g/mol. The predicted octanol–water partition coefficient (Wildman–Crippen LogP) is 4.16. The molecule has 2 aliphatic heterocycles.